The monoisotopic (exact) mass is 288 g/mol. The molecule has 0 unspecified atom stereocenters. The average molecular weight is 288 g/mol. The number of carbonyl (C=O) groups is 1. The molecule has 0 spiro atoms. The van der Waals surface area contributed by atoms with Crippen molar-refractivity contribution in [3.8, 4) is 24.4 Å². The molecule has 0 saturated carbocycles. The van der Waals surface area contributed by atoms with Crippen molar-refractivity contribution >= 4 is 5.97 Å². The zero-order chi connectivity index (χ0) is 15.8. The number of hydrogen-bond donors (Lipinski definition) is 0. The molecule has 0 aliphatic carbocycles. The molecule has 0 N–H and O–H groups in total. The molecule has 0 aromatic carbocycles. The Hall–Kier alpha value is -2.13. The van der Waals surface area contributed by atoms with Crippen molar-refractivity contribution < 1.29 is 14.3 Å². The fraction of sp³-hybridized carbons (Fsp3) is 0.500. The van der Waals surface area contributed by atoms with Gasteiger partial charge in [0.25, 0.3) is 0 Å². The van der Waals surface area contributed by atoms with Crippen molar-refractivity contribution in [3.05, 3.63) is 23.8 Å². The fourth-order valence-electron chi connectivity index (χ4n) is 1.57. The first-order valence-corrected chi connectivity index (χ1v) is 7.19. The van der Waals surface area contributed by atoms with E-state index < -0.39 is 5.97 Å². The van der Waals surface area contributed by atoms with Crippen LogP contribution in [0.3, 0.4) is 0 Å². The van der Waals surface area contributed by atoms with E-state index in [4.69, 9.17) is 15.9 Å². The van der Waals surface area contributed by atoms with Gasteiger partial charge in [-0.2, -0.15) is 0 Å². The molecule has 0 aliphatic heterocycles. The molecule has 0 aromatic heterocycles. The van der Waals surface area contributed by atoms with Crippen LogP contribution in [0.15, 0.2) is 23.8 Å². The van der Waals surface area contributed by atoms with Crippen molar-refractivity contribution in [2.24, 2.45) is 0 Å². The van der Waals surface area contributed by atoms with E-state index in [2.05, 4.69) is 24.0 Å². The Kier molecular flexibility index (Phi) is 12.8. The van der Waals surface area contributed by atoms with Crippen molar-refractivity contribution in [2.45, 2.75) is 46.0 Å². The van der Waals surface area contributed by atoms with Crippen LogP contribution in [0.25, 0.3) is 0 Å². The molecule has 0 bridgehead atoms. The Balaban J connectivity index is 3.62. The molecular formula is C18H24O3. The second-order valence-corrected chi connectivity index (χ2v) is 4.51. The van der Waals surface area contributed by atoms with E-state index in [1.807, 2.05) is 13.0 Å². The number of unbranched alkanes of at least 4 members (excludes halogenated alkanes) is 4. The van der Waals surface area contributed by atoms with Gasteiger partial charge in [-0.1, -0.05) is 36.8 Å². The summed E-state index contributed by atoms with van der Waals surface area (Å²) in [4.78, 5) is 11.2. The number of rotatable bonds is 10. The number of terminal acetylenes is 1. The molecule has 0 atom stereocenters. The van der Waals surface area contributed by atoms with Gasteiger partial charge in [-0.25, -0.2) is 4.79 Å². The summed E-state index contributed by atoms with van der Waals surface area (Å²) >= 11 is 0. The summed E-state index contributed by atoms with van der Waals surface area (Å²) in [5.41, 5.74) is 0.864. The smallest absolute Gasteiger partial charge is 0.331 e. The number of ether oxygens (including phenoxy) is 2. The fourth-order valence-corrected chi connectivity index (χ4v) is 1.57. The lowest BCUT2D eigenvalue weighted by Gasteiger charge is -1.99. The highest BCUT2D eigenvalue weighted by Gasteiger charge is 1.95. The largest absolute Gasteiger partial charge is 0.449 e. The number of esters is 1. The third-order valence-corrected chi connectivity index (χ3v) is 2.57. The van der Waals surface area contributed by atoms with Crippen LogP contribution in [-0.2, 0) is 14.3 Å². The summed E-state index contributed by atoms with van der Waals surface area (Å²) < 4.78 is 9.82. The molecule has 0 aliphatic rings. The number of allylic oxidation sites excluding steroid dienone is 3. The molecule has 114 valence electrons. The summed E-state index contributed by atoms with van der Waals surface area (Å²) in [5.74, 6) is 4.55. The minimum Gasteiger partial charge on any atom is -0.449 e. The molecule has 3 heteroatoms. The third-order valence-electron chi connectivity index (χ3n) is 2.57. The molecule has 0 heterocycles. The zero-order valence-electron chi connectivity index (χ0n) is 13.0. The summed E-state index contributed by atoms with van der Waals surface area (Å²) in [5, 5.41) is 0. The van der Waals surface area contributed by atoms with Crippen LogP contribution >= 0.6 is 0 Å². The lowest BCUT2D eigenvalue weighted by atomic mass is 10.1. The first-order valence-electron chi connectivity index (χ1n) is 7.19. The van der Waals surface area contributed by atoms with Crippen LogP contribution in [0.4, 0.5) is 0 Å². The van der Waals surface area contributed by atoms with E-state index in [0.717, 1.165) is 31.3 Å². The maximum atomic E-state index is 11.2. The SMILES string of the molecule is C#CCOC(=O)/C=C(C)/C=C/CCCCCCOC#CC. The highest BCUT2D eigenvalue weighted by atomic mass is 16.5. The van der Waals surface area contributed by atoms with Crippen LogP contribution < -0.4 is 0 Å². The zero-order valence-corrected chi connectivity index (χ0v) is 13.0. The number of hydrogen-bond acceptors (Lipinski definition) is 3. The Labute approximate surface area is 128 Å². The van der Waals surface area contributed by atoms with Gasteiger partial charge < -0.3 is 9.47 Å². The summed E-state index contributed by atoms with van der Waals surface area (Å²) in [7, 11) is 0. The van der Waals surface area contributed by atoms with Crippen molar-refractivity contribution in [1.82, 2.24) is 0 Å². The van der Waals surface area contributed by atoms with Gasteiger partial charge in [0.15, 0.2) is 6.61 Å². The third kappa shape index (κ3) is 14.1. The van der Waals surface area contributed by atoms with Gasteiger partial charge in [-0.3, -0.25) is 0 Å². The quantitative estimate of drug-likeness (QED) is 0.202. The minimum atomic E-state index is -0.398. The topological polar surface area (TPSA) is 35.5 Å². The summed E-state index contributed by atoms with van der Waals surface area (Å²) in [6.45, 7) is 4.34. The second-order valence-electron chi connectivity index (χ2n) is 4.51. The molecule has 21 heavy (non-hydrogen) atoms. The van der Waals surface area contributed by atoms with Gasteiger partial charge in [-0.15, -0.1) is 6.42 Å². The van der Waals surface area contributed by atoms with E-state index in [9.17, 15) is 4.79 Å². The van der Waals surface area contributed by atoms with Crippen molar-refractivity contribution in [3.63, 3.8) is 0 Å². The molecule has 0 saturated heterocycles. The normalized spacial score (nSPS) is 10.6. The highest BCUT2D eigenvalue weighted by molar-refractivity contribution is 5.83. The predicted octanol–water partition coefficient (Wildman–Crippen LogP) is 3.61. The molecule has 0 amide bonds. The van der Waals surface area contributed by atoms with Gasteiger partial charge in [-0.05, 0) is 31.8 Å². The molecule has 0 fully saturated rings. The Bertz CT molecular complexity index is 441. The second kappa shape index (κ2) is 14.3. The van der Waals surface area contributed by atoms with Crippen molar-refractivity contribution in [1.29, 1.82) is 0 Å². The lowest BCUT2D eigenvalue weighted by molar-refractivity contribution is -0.136. The average Bonchev–Trinajstić information content (AvgIpc) is 2.47. The first-order chi connectivity index (χ1) is 10.2. The van der Waals surface area contributed by atoms with Crippen LogP contribution in [0.5, 0.6) is 0 Å². The van der Waals surface area contributed by atoms with Gasteiger partial charge in [0.1, 0.15) is 12.7 Å². The van der Waals surface area contributed by atoms with Gasteiger partial charge >= 0.3 is 5.97 Å². The highest BCUT2D eigenvalue weighted by Crippen LogP contribution is 2.05. The van der Waals surface area contributed by atoms with Gasteiger partial charge in [0.2, 0.25) is 0 Å². The minimum absolute atomic E-state index is 0.0138. The molecule has 0 aromatic rings. The van der Waals surface area contributed by atoms with Crippen LogP contribution in [0.1, 0.15) is 46.0 Å². The van der Waals surface area contributed by atoms with E-state index >= 15 is 0 Å². The van der Waals surface area contributed by atoms with Crippen LogP contribution in [0.2, 0.25) is 0 Å². The molecule has 0 radical (unpaired) electrons. The molecule has 3 nitrogen and oxygen atoms in total. The van der Waals surface area contributed by atoms with Gasteiger partial charge in [0, 0.05) is 13.0 Å². The van der Waals surface area contributed by atoms with Crippen LogP contribution in [0, 0.1) is 24.4 Å². The summed E-state index contributed by atoms with van der Waals surface area (Å²) in [6.07, 6.45) is 18.5. The summed E-state index contributed by atoms with van der Waals surface area (Å²) in [6, 6.07) is 0. The van der Waals surface area contributed by atoms with E-state index in [1.54, 1.807) is 6.92 Å². The van der Waals surface area contributed by atoms with Crippen molar-refractivity contribution in [2.75, 3.05) is 13.2 Å². The number of carbonyl (C=O) groups excluding carboxylic acids is 1. The van der Waals surface area contributed by atoms with Crippen LogP contribution in [-0.4, -0.2) is 19.2 Å². The van der Waals surface area contributed by atoms with E-state index in [0.29, 0.717) is 6.61 Å². The van der Waals surface area contributed by atoms with E-state index in [1.165, 1.54) is 12.5 Å². The Morgan fingerprint density at radius 3 is 2.71 bits per heavy atom. The maximum Gasteiger partial charge on any atom is 0.331 e. The van der Waals surface area contributed by atoms with E-state index in [-0.39, 0.29) is 6.61 Å². The predicted molar refractivity (Wildman–Crippen MR) is 85.2 cm³/mol. The van der Waals surface area contributed by atoms with Gasteiger partial charge in [0.05, 0.1) is 0 Å². The molecule has 0 rings (SSSR count). The maximum absolute atomic E-state index is 11.2. The molecular weight excluding hydrogens is 264 g/mol. The standard InChI is InChI=1S/C18H24O3/c1-4-13-20-15-11-9-7-6-8-10-12-17(3)16-18(19)21-14-5-2/h2,10,12,16H,6-9,11,14-15H2,1,3H3/b12-10+,17-16+. The lowest BCUT2D eigenvalue weighted by Crippen LogP contribution is -2.00. The Morgan fingerprint density at radius 2 is 2.00 bits per heavy atom. The first kappa shape index (κ1) is 18.9. The Morgan fingerprint density at radius 1 is 1.24 bits per heavy atom.